The van der Waals surface area contributed by atoms with Crippen LogP contribution in [0.15, 0.2) is 35.5 Å². The maximum absolute atomic E-state index is 9.54. The van der Waals surface area contributed by atoms with E-state index in [2.05, 4.69) is 40.9 Å². The van der Waals surface area contributed by atoms with E-state index in [1.165, 1.54) is 6.33 Å². The van der Waals surface area contributed by atoms with Crippen molar-refractivity contribution in [2.24, 2.45) is 0 Å². The Bertz CT molecular complexity index is 903. The lowest BCUT2D eigenvalue weighted by Crippen LogP contribution is -2.18. The number of nitrogens with zero attached hydrogens (tertiary/aromatic N) is 5. The largest absolute Gasteiger partial charge is 0.362 e. The number of hydrogen-bond donors (Lipinski definition) is 1. The fraction of sp³-hybridized carbons (Fsp3) is 0.235. The minimum atomic E-state index is 0.578. The molecule has 2 heterocycles. The SMILES string of the molecule is Cc1c(Cc2ccc(S)cc2)c(N(C)C)n2ncnc2c1C#N. The van der Waals surface area contributed by atoms with Crippen molar-refractivity contribution in [1.29, 1.82) is 5.26 Å². The van der Waals surface area contributed by atoms with Crippen molar-refractivity contribution in [3.05, 3.63) is 52.8 Å². The summed E-state index contributed by atoms with van der Waals surface area (Å²) in [6.07, 6.45) is 2.21. The first-order valence-electron chi connectivity index (χ1n) is 7.23. The van der Waals surface area contributed by atoms with Gasteiger partial charge in [-0.1, -0.05) is 12.1 Å². The summed E-state index contributed by atoms with van der Waals surface area (Å²) < 4.78 is 1.74. The lowest BCUT2D eigenvalue weighted by atomic mass is 9.98. The molecule has 0 saturated heterocycles. The lowest BCUT2D eigenvalue weighted by Gasteiger charge is -2.21. The molecule has 5 nitrogen and oxygen atoms in total. The maximum Gasteiger partial charge on any atom is 0.175 e. The van der Waals surface area contributed by atoms with E-state index >= 15 is 0 Å². The van der Waals surface area contributed by atoms with Crippen molar-refractivity contribution >= 4 is 24.1 Å². The predicted octanol–water partition coefficient (Wildman–Crippen LogP) is 2.85. The van der Waals surface area contributed by atoms with Crippen molar-refractivity contribution in [2.45, 2.75) is 18.2 Å². The molecular formula is C17H17N5S. The van der Waals surface area contributed by atoms with Crippen LogP contribution in [0.5, 0.6) is 0 Å². The smallest absolute Gasteiger partial charge is 0.175 e. The molecule has 116 valence electrons. The normalized spacial score (nSPS) is 10.7. The topological polar surface area (TPSA) is 57.2 Å². The minimum Gasteiger partial charge on any atom is -0.362 e. The van der Waals surface area contributed by atoms with E-state index in [1.807, 2.05) is 38.1 Å². The van der Waals surface area contributed by atoms with Gasteiger partial charge in [-0.15, -0.1) is 12.6 Å². The van der Waals surface area contributed by atoms with Gasteiger partial charge in [0.1, 0.15) is 23.8 Å². The second kappa shape index (κ2) is 5.94. The predicted molar refractivity (Wildman–Crippen MR) is 93.3 cm³/mol. The average molecular weight is 323 g/mol. The zero-order valence-electron chi connectivity index (χ0n) is 13.3. The van der Waals surface area contributed by atoms with Gasteiger partial charge in [-0.25, -0.2) is 4.98 Å². The van der Waals surface area contributed by atoms with Crippen LogP contribution < -0.4 is 4.90 Å². The van der Waals surface area contributed by atoms with Crippen molar-refractivity contribution < 1.29 is 0 Å². The molecule has 3 rings (SSSR count). The fourth-order valence-electron chi connectivity index (χ4n) is 2.80. The number of benzene rings is 1. The summed E-state index contributed by atoms with van der Waals surface area (Å²) in [5, 5.41) is 13.8. The summed E-state index contributed by atoms with van der Waals surface area (Å²) in [6.45, 7) is 1.97. The highest BCUT2D eigenvalue weighted by Crippen LogP contribution is 2.29. The lowest BCUT2D eigenvalue weighted by molar-refractivity contribution is 0.886. The standard InChI is InChI=1S/C17H17N5S/c1-11-14(8-12-4-6-13(23)7-5-12)17(21(2)3)22-16(15(11)9-18)19-10-20-22/h4-7,10,23H,8H2,1-3H3. The van der Waals surface area contributed by atoms with Gasteiger partial charge in [0.15, 0.2) is 5.65 Å². The van der Waals surface area contributed by atoms with Crippen molar-refractivity contribution in [3.8, 4) is 6.07 Å². The first-order valence-corrected chi connectivity index (χ1v) is 7.68. The molecule has 0 aliphatic carbocycles. The molecule has 0 fully saturated rings. The van der Waals surface area contributed by atoms with Gasteiger partial charge in [0.05, 0.1) is 0 Å². The molecule has 2 aromatic heterocycles. The number of fused-ring (bicyclic) bond motifs is 1. The van der Waals surface area contributed by atoms with Crippen LogP contribution in [0, 0.1) is 18.3 Å². The Morgan fingerprint density at radius 3 is 2.57 bits per heavy atom. The molecule has 0 saturated carbocycles. The molecule has 0 atom stereocenters. The van der Waals surface area contributed by atoms with Crippen molar-refractivity contribution in [3.63, 3.8) is 0 Å². The summed E-state index contributed by atoms with van der Waals surface area (Å²) in [5.74, 6) is 0.948. The van der Waals surface area contributed by atoms with Gasteiger partial charge < -0.3 is 4.90 Å². The Balaban J connectivity index is 2.25. The Morgan fingerprint density at radius 2 is 1.96 bits per heavy atom. The average Bonchev–Trinajstić information content (AvgIpc) is 2.98. The third-order valence-electron chi connectivity index (χ3n) is 3.92. The highest BCUT2D eigenvalue weighted by Gasteiger charge is 2.20. The van der Waals surface area contributed by atoms with Gasteiger partial charge in [-0.3, -0.25) is 0 Å². The Labute approximate surface area is 140 Å². The summed E-state index contributed by atoms with van der Waals surface area (Å²) in [7, 11) is 3.95. The minimum absolute atomic E-state index is 0.578. The van der Waals surface area contributed by atoms with Crippen LogP contribution in [0.25, 0.3) is 5.65 Å². The van der Waals surface area contributed by atoms with Gasteiger partial charge in [0.25, 0.3) is 0 Å². The second-order valence-corrected chi connectivity index (χ2v) is 6.16. The van der Waals surface area contributed by atoms with E-state index in [9.17, 15) is 5.26 Å². The Morgan fingerprint density at radius 1 is 1.26 bits per heavy atom. The van der Waals surface area contributed by atoms with Crippen LogP contribution in [-0.4, -0.2) is 28.7 Å². The molecule has 0 N–H and O–H groups in total. The van der Waals surface area contributed by atoms with E-state index in [4.69, 9.17) is 0 Å². The molecule has 0 aliphatic heterocycles. The molecule has 0 radical (unpaired) electrons. The molecule has 6 heteroatoms. The summed E-state index contributed by atoms with van der Waals surface area (Å²) >= 11 is 4.33. The molecule has 0 spiro atoms. The molecule has 23 heavy (non-hydrogen) atoms. The van der Waals surface area contributed by atoms with Crippen LogP contribution in [0.4, 0.5) is 5.82 Å². The molecule has 3 aromatic rings. The van der Waals surface area contributed by atoms with Gasteiger partial charge in [0.2, 0.25) is 0 Å². The van der Waals surface area contributed by atoms with E-state index < -0.39 is 0 Å². The van der Waals surface area contributed by atoms with Crippen LogP contribution in [-0.2, 0) is 6.42 Å². The van der Waals surface area contributed by atoms with Gasteiger partial charge in [-0.2, -0.15) is 14.9 Å². The Kier molecular flexibility index (Phi) is 3.97. The van der Waals surface area contributed by atoms with Gasteiger partial charge in [0, 0.05) is 31.0 Å². The van der Waals surface area contributed by atoms with Crippen LogP contribution in [0.3, 0.4) is 0 Å². The molecule has 0 bridgehead atoms. The van der Waals surface area contributed by atoms with E-state index in [0.29, 0.717) is 11.2 Å². The zero-order valence-corrected chi connectivity index (χ0v) is 14.2. The van der Waals surface area contributed by atoms with E-state index in [0.717, 1.165) is 33.8 Å². The summed E-state index contributed by atoms with van der Waals surface area (Å²) in [5.41, 5.74) is 4.37. The van der Waals surface area contributed by atoms with Crippen LogP contribution >= 0.6 is 12.6 Å². The van der Waals surface area contributed by atoms with Crippen molar-refractivity contribution in [2.75, 3.05) is 19.0 Å². The number of pyridine rings is 1. The zero-order chi connectivity index (χ0) is 16.6. The molecule has 1 aromatic carbocycles. The highest BCUT2D eigenvalue weighted by molar-refractivity contribution is 7.80. The number of hydrogen-bond acceptors (Lipinski definition) is 5. The third kappa shape index (κ3) is 2.64. The summed E-state index contributed by atoms with van der Waals surface area (Å²) in [4.78, 5) is 7.19. The first-order chi connectivity index (χ1) is 11.0. The highest BCUT2D eigenvalue weighted by atomic mass is 32.1. The van der Waals surface area contributed by atoms with Crippen LogP contribution in [0.1, 0.15) is 22.3 Å². The number of thiol groups is 1. The number of aromatic nitrogens is 3. The number of nitriles is 1. The Hall–Kier alpha value is -2.52. The quantitative estimate of drug-likeness (QED) is 0.753. The van der Waals surface area contributed by atoms with E-state index in [-0.39, 0.29) is 0 Å². The monoisotopic (exact) mass is 323 g/mol. The molecule has 0 amide bonds. The van der Waals surface area contributed by atoms with E-state index in [1.54, 1.807) is 4.52 Å². The van der Waals surface area contributed by atoms with Crippen LogP contribution in [0.2, 0.25) is 0 Å². The fourth-order valence-corrected chi connectivity index (χ4v) is 2.95. The molecular weight excluding hydrogens is 306 g/mol. The number of rotatable bonds is 3. The number of anilines is 1. The molecule has 0 aliphatic rings. The third-order valence-corrected chi connectivity index (χ3v) is 4.22. The molecule has 0 unspecified atom stereocenters. The first kappa shape index (κ1) is 15.4. The maximum atomic E-state index is 9.54. The van der Waals surface area contributed by atoms with Gasteiger partial charge in [-0.05, 0) is 30.2 Å². The second-order valence-electron chi connectivity index (χ2n) is 5.65. The van der Waals surface area contributed by atoms with Gasteiger partial charge >= 0.3 is 0 Å². The van der Waals surface area contributed by atoms with Crippen molar-refractivity contribution in [1.82, 2.24) is 14.6 Å². The summed E-state index contributed by atoms with van der Waals surface area (Å²) in [6, 6.07) is 10.3.